The van der Waals surface area contributed by atoms with Gasteiger partial charge in [0.25, 0.3) is 5.91 Å². The lowest BCUT2D eigenvalue weighted by Gasteiger charge is -2.34. The van der Waals surface area contributed by atoms with E-state index in [2.05, 4.69) is 10.3 Å². The third kappa shape index (κ3) is 4.19. The number of nitrogens with one attached hydrogen (secondary N) is 2. The SMILES string of the molecule is CCNC(=O)CN1CCN(C(=O)c2[nH]c(C)c(C(=O)OC)c2C)CC1. The maximum atomic E-state index is 12.8. The van der Waals surface area contributed by atoms with Crippen molar-refractivity contribution < 1.29 is 19.1 Å². The molecule has 0 aliphatic carbocycles. The van der Waals surface area contributed by atoms with Gasteiger partial charge in [0.1, 0.15) is 5.69 Å². The Labute approximate surface area is 147 Å². The molecule has 1 fully saturated rings. The minimum Gasteiger partial charge on any atom is -0.465 e. The summed E-state index contributed by atoms with van der Waals surface area (Å²) in [5.41, 5.74) is 2.08. The van der Waals surface area contributed by atoms with Gasteiger partial charge in [-0.1, -0.05) is 0 Å². The Morgan fingerprint density at radius 1 is 1.16 bits per heavy atom. The van der Waals surface area contributed by atoms with Gasteiger partial charge in [0.15, 0.2) is 0 Å². The van der Waals surface area contributed by atoms with Crippen LogP contribution in [0.5, 0.6) is 0 Å². The lowest BCUT2D eigenvalue weighted by Crippen LogP contribution is -2.51. The lowest BCUT2D eigenvalue weighted by atomic mass is 10.1. The highest BCUT2D eigenvalue weighted by atomic mass is 16.5. The average Bonchev–Trinajstić information content (AvgIpc) is 2.89. The molecule has 2 amide bonds. The van der Waals surface area contributed by atoms with Crippen molar-refractivity contribution in [3.8, 4) is 0 Å². The molecule has 1 saturated heterocycles. The highest BCUT2D eigenvalue weighted by molar-refractivity contribution is 6.00. The standard InChI is InChI=1S/C17H26N4O4/c1-5-18-13(22)10-20-6-8-21(9-7-20)16(23)15-11(2)14(12(3)19-15)17(24)25-4/h19H,5-10H2,1-4H3,(H,18,22). The molecule has 0 atom stereocenters. The first-order valence-electron chi connectivity index (χ1n) is 8.44. The number of hydrogen-bond donors (Lipinski definition) is 2. The normalized spacial score (nSPS) is 15.1. The molecular formula is C17H26N4O4. The highest BCUT2D eigenvalue weighted by Gasteiger charge is 2.28. The van der Waals surface area contributed by atoms with Crippen LogP contribution in [-0.2, 0) is 9.53 Å². The Kier molecular flexibility index (Phi) is 6.19. The number of nitrogens with zero attached hydrogens (tertiary/aromatic N) is 2. The number of rotatable bonds is 5. The minimum absolute atomic E-state index is 0.000772. The van der Waals surface area contributed by atoms with Gasteiger partial charge in [-0.2, -0.15) is 0 Å². The van der Waals surface area contributed by atoms with Gasteiger partial charge in [-0.15, -0.1) is 0 Å². The maximum Gasteiger partial charge on any atom is 0.339 e. The van der Waals surface area contributed by atoms with Crippen LogP contribution in [0.1, 0.15) is 39.0 Å². The fraction of sp³-hybridized carbons (Fsp3) is 0.588. The molecule has 0 aromatic carbocycles. The molecule has 0 unspecified atom stereocenters. The lowest BCUT2D eigenvalue weighted by molar-refractivity contribution is -0.122. The third-order valence-electron chi connectivity index (χ3n) is 4.44. The number of aromatic amines is 1. The number of methoxy groups -OCH3 is 1. The monoisotopic (exact) mass is 350 g/mol. The highest BCUT2D eigenvalue weighted by Crippen LogP contribution is 2.20. The van der Waals surface area contributed by atoms with Gasteiger partial charge < -0.3 is 19.9 Å². The quantitative estimate of drug-likeness (QED) is 0.746. The Morgan fingerprint density at radius 3 is 2.36 bits per heavy atom. The van der Waals surface area contributed by atoms with Crippen LogP contribution in [-0.4, -0.2) is 78.9 Å². The number of aryl methyl sites for hydroxylation is 1. The number of amides is 2. The molecule has 2 N–H and O–H groups in total. The summed E-state index contributed by atoms with van der Waals surface area (Å²) in [6.07, 6.45) is 0. The van der Waals surface area contributed by atoms with Crippen LogP contribution in [0.2, 0.25) is 0 Å². The van der Waals surface area contributed by atoms with E-state index in [0.717, 1.165) is 0 Å². The second kappa shape index (κ2) is 8.15. The number of H-pyrrole nitrogens is 1. The molecular weight excluding hydrogens is 324 g/mol. The van der Waals surface area contributed by atoms with Crippen LogP contribution >= 0.6 is 0 Å². The number of piperazine rings is 1. The molecule has 1 aromatic rings. The summed E-state index contributed by atoms with van der Waals surface area (Å²) in [7, 11) is 1.32. The van der Waals surface area contributed by atoms with Crippen molar-refractivity contribution in [1.82, 2.24) is 20.1 Å². The van der Waals surface area contributed by atoms with Crippen LogP contribution in [0, 0.1) is 13.8 Å². The van der Waals surface area contributed by atoms with Crippen LogP contribution in [0.15, 0.2) is 0 Å². The zero-order valence-electron chi connectivity index (χ0n) is 15.3. The number of aromatic nitrogens is 1. The number of hydrogen-bond acceptors (Lipinski definition) is 5. The van der Waals surface area contributed by atoms with E-state index < -0.39 is 5.97 Å². The zero-order valence-corrected chi connectivity index (χ0v) is 15.3. The molecule has 1 aromatic heterocycles. The molecule has 2 heterocycles. The van der Waals surface area contributed by atoms with Crippen molar-refractivity contribution in [2.24, 2.45) is 0 Å². The zero-order chi connectivity index (χ0) is 18.6. The van der Waals surface area contributed by atoms with Crippen molar-refractivity contribution in [2.45, 2.75) is 20.8 Å². The second-order valence-corrected chi connectivity index (χ2v) is 6.14. The molecule has 2 rings (SSSR count). The number of carbonyl (C=O) groups excluding carboxylic acids is 3. The molecule has 0 bridgehead atoms. The van der Waals surface area contributed by atoms with Gasteiger partial charge in [-0.05, 0) is 26.3 Å². The first-order valence-corrected chi connectivity index (χ1v) is 8.44. The Bertz CT molecular complexity index is 660. The van der Waals surface area contributed by atoms with Gasteiger partial charge >= 0.3 is 5.97 Å². The molecule has 0 radical (unpaired) electrons. The first-order chi connectivity index (χ1) is 11.9. The topological polar surface area (TPSA) is 94.7 Å². The van der Waals surface area contributed by atoms with Crippen LogP contribution < -0.4 is 5.32 Å². The van der Waals surface area contributed by atoms with E-state index in [4.69, 9.17) is 4.74 Å². The van der Waals surface area contributed by atoms with Gasteiger partial charge in [-0.3, -0.25) is 14.5 Å². The smallest absolute Gasteiger partial charge is 0.339 e. The van der Waals surface area contributed by atoms with E-state index >= 15 is 0 Å². The number of carbonyl (C=O) groups is 3. The Morgan fingerprint density at radius 2 is 1.80 bits per heavy atom. The molecule has 0 saturated carbocycles. The summed E-state index contributed by atoms with van der Waals surface area (Å²) in [5, 5.41) is 2.78. The summed E-state index contributed by atoms with van der Waals surface area (Å²) in [6, 6.07) is 0. The van der Waals surface area contributed by atoms with E-state index in [-0.39, 0.29) is 11.8 Å². The second-order valence-electron chi connectivity index (χ2n) is 6.14. The molecule has 8 heteroatoms. The molecule has 0 spiro atoms. The van der Waals surface area contributed by atoms with Gasteiger partial charge in [-0.25, -0.2) is 4.79 Å². The molecule has 1 aliphatic heterocycles. The maximum absolute atomic E-state index is 12.8. The van der Waals surface area contributed by atoms with Crippen LogP contribution in [0.4, 0.5) is 0 Å². The molecule has 1 aliphatic rings. The van der Waals surface area contributed by atoms with Crippen molar-refractivity contribution >= 4 is 17.8 Å². The Balaban J connectivity index is 2.01. The fourth-order valence-corrected chi connectivity index (χ4v) is 3.10. The molecule has 8 nitrogen and oxygen atoms in total. The van der Waals surface area contributed by atoms with E-state index in [1.54, 1.807) is 18.7 Å². The van der Waals surface area contributed by atoms with Crippen LogP contribution in [0.25, 0.3) is 0 Å². The van der Waals surface area contributed by atoms with Crippen molar-refractivity contribution in [3.05, 3.63) is 22.5 Å². The average molecular weight is 350 g/mol. The summed E-state index contributed by atoms with van der Waals surface area (Å²) in [4.78, 5) is 43.1. The summed E-state index contributed by atoms with van der Waals surface area (Å²) in [6.45, 7) is 8.73. The first kappa shape index (κ1) is 19.0. The minimum atomic E-state index is -0.447. The van der Waals surface area contributed by atoms with Gasteiger partial charge in [0.05, 0.1) is 19.2 Å². The van der Waals surface area contributed by atoms with Gasteiger partial charge in [0.2, 0.25) is 5.91 Å². The van der Waals surface area contributed by atoms with E-state index in [1.807, 2.05) is 11.8 Å². The Hall–Kier alpha value is -2.35. The van der Waals surface area contributed by atoms with Crippen molar-refractivity contribution in [1.29, 1.82) is 0 Å². The number of ether oxygens (including phenoxy) is 1. The third-order valence-corrected chi connectivity index (χ3v) is 4.44. The molecule has 25 heavy (non-hydrogen) atoms. The van der Waals surface area contributed by atoms with Crippen LogP contribution in [0.3, 0.4) is 0 Å². The van der Waals surface area contributed by atoms with Crippen molar-refractivity contribution in [2.75, 3.05) is 46.4 Å². The summed E-state index contributed by atoms with van der Waals surface area (Å²) < 4.78 is 4.78. The van der Waals surface area contributed by atoms with E-state index in [0.29, 0.717) is 61.8 Å². The van der Waals surface area contributed by atoms with E-state index in [9.17, 15) is 14.4 Å². The van der Waals surface area contributed by atoms with E-state index in [1.165, 1.54) is 7.11 Å². The molecule has 138 valence electrons. The largest absolute Gasteiger partial charge is 0.465 e. The number of likely N-dealkylation sites (N-methyl/N-ethyl adjacent to an activating group) is 1. The number of esters is 1. The predicted octanol–water partition coefficient (Wildman–Crippen LogP) is 0.312. The van der Waals surface area contributed by atoms with Gasteiger partial charge in [0, 0.05) is 38.4 Å². The fourth-order valence-electron chi connectivity index (χ4n) is 3.10. The summed E-state index contributed by atoms with van der Waals surface area (Å²) in [5.74, 6) is -0.577. The summed E-state index contributed by atoms with van der Waals surface area (Å²) >= 11 is 0. The van der Waals surface area contributed by atoms with Crippen molar-refractivity contribution in [3.63, 3.8) is 0 Å². The predicted molar refractivity (Wildman–Crippen MR) is 92.6 cm³/mol.